The molecule has 29 heavy (non-hydrogen) atoms. The number of aliphatic imine (C=N–C) groups is 1. The van der Waals surface area contributed by atoms with E-state index in [-0.39, 0.29) is 27.5 Å². The Kier molecular flexibility index (Phi) is 8.08. The Morgan fingerprint density at radius 1 is 0.966 bits per heavy atom. The van der Waals surface area contributed by atoms with Gasteiger partial charge in [0.05, 0.1) is 27.6 Å². The third kappa shape index (κ3) is 6.20. The van der Waals surface area contributed by atoms with Gasteiger partial charge in [-0.05, 0) is 18.2 Å². The van der Waals surface area contributed by atoms with Gasteiger partial charge in [-0.15, -0.1) is 0 Å². The van der Waals surface area contributed by atoms with Gasteiger partial charge in [-0.3, -0.25) is 14.6 Å². The second-order valence-electron chi connectivity index (χ2n) is 6.81. The van der Waals surface area contributed by atoms with Gasteiger partial charge in [-0.25, -0.2) is 0 Å². The van der Waals surface area contributed by atoms with Crippen molar-refractivity contribution in [2.75, 3.05) is 0 Å². The molecule has 0 amide bonds. The highest BCUT2D eigenvalue weighted by Gasteiger charge is 2.21. The molecule has 0 heterocycles. The maximum absolute atomic E-state index is 12.2. The molecule has 2 aromatic carbocycles. The Hall–Kier alpha value is -2.08. The number of benzene rings is 2. The number of nitrogens with zero attached hydrogens (tertiary/aromatic N) is 1. The van der Waals surface area contributed by atoms with E-state index in [4.69, 9.17) is 44.3 Å². The lowest BCUT2D eigenvalue weighted by Gasteiger charge is -2.15. The summed E-state index contributed by atoms with van der Waals surface area (Å²) in [5.41, 5.74) is 0.759. The summed E-state index contributed by atoms with van der Waals surface area (Å²) < 4.78 is 10.9. The summed E-state index contributed by atoms with van der Waals surface area (Å²) in [7, 11) is 0. The van der Waals surface area contributed by atoms with Crippen molar-refractivity contribution in [3.63, 3.8) is 0 Å². The second kappa shape index (κ2) is 10.1. The number of esters is 2. The summed E-state index contributed by atoms with van der Waals surface area (Å²) in [5.74, 6) is -1.69. The summed E-state index contributed by atoms with van der Waals surface area (Å²) in [6.07, 6.45) is 1.42. The first-order chi connectivity index (χ1) is 13.6. The molecule has 0 atom stereocenters. The van der Waals surface area contributed by atoms with Crippen LogP contribution in [-0.2, 0) is 9.59 Å². The lowest BCUT2D eigenvalue weighted by Crippen LogP contribution is -2.19. The Labute approximate surface area is 184 Å². The average molecular weight is 457 g/mol. The minimum Gasteiger partial charge on any atom is -0.422 e. The molecule has 2 rings (SSSR count). The van der Waals surface area contributed by atoms with E-state index in [2.05, 4.69) is 4.99 Å². The molecule has 0 aliphatic carbocycles. The first-order valence-corrected chi connectivity index (χ1v) is 9.98. The van der Waals surface area contributed by atoms with Crippen molar-refractivity contribution in [1.82, 2.24) is 0 Å². The zero-order chi connectivity index (χ0) is 21.7. The van der Waals surface area contributed by atoms with E-state index < -0.39 is 17.9 Å². The minimum atomic E-state index is -0.496. The summed E-state index contributed by atoms with van der Waals surface area (Å²) in [6, 6.07) is 7.97. The first kappa shape index (κ1) is 23.2. The smallest absolute Gasteiger partial charge is 0.313 e. The van der Waals surface area contributed by atoms with Crippen LogP contribution in [0.5, 0.6) is 11.5 Å². The van der Waals surface area contributed by atoms with Crippen LogP contribution in [0.15, 0.2) is 35.3 Å². The molecule has 0 radical (unpaired) electrons. The van der Waals surface area contributed by atoms with Crippen molar-refractivity contribution >= 4 is 58.6 Å². The van der Waals surface area contributed by atoms with Crippen LogP contribution in [0.1, 0.15) is 33.3 Å². The van der Waals surface area contributed by atoms with E-state index in [0.717, 1.165) is 0 Å². The number of ether oxygens (including phenoxy) is 2. The molecule has 0 aromatic heterocycles. The summed E-state index contributed by atoms with van der Waals surface area (Å²) in [5, 5.41) is 0.907. The topological polar surface area (TPSA) is 65.0 Å². The fourth-order valence-corrected chi connectivity index (χ4v) is 2.61. The lowest BCUT2D eigenvalue weighted by atomic mass is 10.1. The van der Waals surface area contributed by atoms with Crippen LogP contribution in [0.3, 0.4) is 0 Å². The fourth-order valence-electron chi connectivity index (χ4n) is 2.05. The fraction of sp³-hybridized carbons (Fsp3) is 0.286. The van der Waals surface area contributed by atoms with Crippen LogP contribution in [0.25, 0.3) is 0 Å². The van der Waals surface area contributed by atoms with Crippen molar-refractivity contribution in [3.8, 4) is 11.5 Å². The van der Waals surface area contributed by atoms with Crippen molar-refractivity contribution in [2.45, 2.75) is 27.7 Å². The van der Waals surface area contributed by atoms with Gasteiger partial charge in [0.1, 0.15) is 0 Å². The first-order valence-electron chi connectivity index (χ1n) is 8.85. The van der Waals surface area contributed by atoms with Gasteiger partial charge in [0.15, 0.2) is 11.5 Å². The molecule has 0 bridgehead atoms. The zero-order valence-electron chi connectivity index (χ0n) is 16.3. The quantitative estimate of drug-likeness (QED) is 0.282. The summed E-state index contributed by atoms with van der Waals surface area (Å²) >= 11 is 18.4. The highest BCUT2D eigenvalue weighted by Crippen LogP contribution is 2.36. The normalized spacial score (nSPS) is 11.3. The Bertz CT molecular complexity index is 955. The molecule has 0 aliphatic heterocycles. The van der Waals surface area contributed by atoms with Crippen LogP contribution in [0, 0.1) is 11.8 Å². The number of carbonyl (C=O) groups is 2. The van der Waals surface area contributed by atoms with Crippen molar-refractivity contribution in [3.05, 3.63) is 51.0 Å². The number of halogens is 3. The third-order valence-electron chi connectivity index (χ3n) is 3.68. The largest absolute Gasteiger partial charge is 0.422 e. The molecule has 0 N–H and O–H groups in total. The van der Waals surface area contributed by atoms with Crippen LogP contribution >= 0.6 is 34.8 Å². The SMILES string of the molecule is CC(C)C(=O)Oc1cc(Cl)cc(C=Nc2cccc(Cl)c2Cl)c1OC(=O)C(C)C. The van der Waals surface area contributed by atoms with Crippen LogP contribution in [0.4, 0.5) is 5.69 Å². The van der Waals surface area contributed by atoms with Gasteiger partial charge < -0.3 is 9.47 Å². The van der Waals surface area contributed by atoms with Gasteiger partial charge in [0, 0.05) is 22.9 Å². The average Bonchev–Trinajstić information content (AvgIpc) is 2.64. The van der Waals surface area contributed by atoms with Gasteiger partial charge in [-0.1, -0.05) is 68.6 Å². The van der Waals surface area contributed by atoms with E-state index in [1.54, 1.807) is 52.0 Å². The van der Waals surface area contributed by atoms with Gasteiger partial charge in [0.2, 0.25) is 0 Å². The van der Waals surface area contributed by atoms with Crippen molar-refractivity contribution in [2.24, 2.45) is 16.8 Å². The maximum atomic E-state index is 12.2. The van der Waals surface area contributed by atoms with Gasteiger partial charge >= 0.3 is 11.9 Å². The minimum absolute atomic E-state index is 0.0313. The van der Waals surface area contributed by atoms with Gasteiger partial charge in [0.25, 0.3) is 0 Å². The van der Waals surface area contributed by atoms with E-state index in [0.29, 0.717) is 16.3 Å². The lowest BCUT2D eigenvalue weighted by molar-refractivity contribution is -0.140. The maximum Gasteiger partial charge on any atom is 0.313 e. The van der Waals surface area contributed by atoms with E-state index >= 15 is 0 Å². The van der Waals surface area contributed by atoms with Gasteiger partial charge in [-0.2, -0.15) is 0 Å². The standard InChI is InChI=1S/C21H20Cl3NO4/c1-11(2)20(26)28-17-9-14(22)8-13(19(17)29-21(27)12(3)4)10-25-16-7-5-6-15(23)18(16)24/h5-12H,1-4H3. The van der Waals surface area contributed by atoms with Crippen molar-refractivity contribution < 1.29 is 19.1 Å². The number of hydrogen-bond donors (Lipinski definition) is 0. The molecular formula is C21H20Cl3NO4. The molecule has 0 unspecified atom stereocenters. The Balaban J connectivity index is 2.55. The summed E-state index contributed by atoms with van der Waals surface area (Å²) in [6.45, 7) is 6.77. The molecule has 0 fully saturated rings. The van der Waals surface area contributed by atoms with E-state index in [9.17, 15) is 9.59 Å². The molecule has 8 heteroatoms. The van der Waals surface area contributed by atoms with Crippen LogP contribution in [0.2, 0.25) is 15.1 Å². The monoisotopic (exact) mass is 455 g/mol. The second-order valence-corrected chi connectivity index (χ2v) is 8.03. The molecule has 0 saturated heterocycles. The predicted molar refractivity (Wildman–Crippen MR) is 116 cm³/mol. The molecule has 5 nitrogen and oxygen atoms in total. The highest BCUT2D eigenvalue weighted by molar-refractivity contribution is 6.43. The van der Waals surface area contributed by atoms with E-state index in [1.165, 1.54) is 12.3 Å². The van der Waals surface area contributed by atoms with E-state index in [1.807, 2.05) is 0 Å². The van der Waals surface area contributed by atoms with Crippen LogP contribution < -0.4 is 9.47 Å². The molecule has 0 spiro atoms. The molecule has 154 valence electrons. The molecule has 0 saturated carbocycles. The number of rotatable bonds is 6. The Morgan fingerprint density at radius 2 is 1.59 bits per heavy atom. The predicted octanol–water partition coefficient (Wildman–Crippen LogP) is 6.52. The number of hydrogen-bond acceptors (Lipinski definition) is 5. The molecular weight excluding hydrogens is 437 g/mol. The number of carbonyl (C=O) groups excluding carboxylic acids is 2. The molecule has 2 aromatic rings. The third-order valence-corrected chi connectivity index (χ3v) is 4.71. The van der Waals surface area contributed by atoms with Crippen LogP contribution in [-0.4, -0.2) is 18.2 Å². The molecule has 0 aliphatic rings. The highest BCUT2D eigenvalue weighted by atomic mass is 35.5. The zero-order valence-corrected chi connectivity index (χ0v) is 18.6. The summed E-state index contributed by atoms with van der Waals surface area (Å²) in [4.78, 5) is 28.6. The van der Waals surface area contributed by atoms with Crippen molar-refractivity contribution in [1.29, 1.82) is 0 Å². The Morgan fingerprint density at radius 3 is 2.21 bits per heavy atom.